The minimum absolute atomic E-state index is 0.296. The highest BCUT2D eigenvalue weighted by Gasteiger charge is 2.15. The summed E-state index contributed by atoms with van der Waals surface area (Å²) in [6, 6.07) is 7.03. The molecule has 0 bridgehead atoms. The van der Waals surface area contributed by atoms with E-state index in [4.69, 9.17) is 0 Å². The number of anilines is 1. The molecule has 1 unspecified atom stereocenters. The van der Waals surface area contributed by atoms with Crippen LogP contribution >= 0.6 is 31.9 Å². The van der Waals surface area contributed by atoms with Gasteiger partial charge in [0.25, 0.3) is 0 Å². The SMILES string of the molecule is Cc1cc(Br)c(NC(C)c2cc(F)ccc2F)c(Br)c1. The van der Waals surface area contributed by atoms with Crippen LogP contribution in [0.2, 0.25) is 0 Å². The van der Waals surface area contributed by atoms with Crippen LogP contribution in [-0.4, -0.2) is 0 Å². The molecule has 2 aromatic carbocycles. The second kappa shape index (κ2) is 6.22. The Morgan fingerprint density at radius 1 is 1.05 bits per heavy atom. The molecule has 5 heteroatoms. The van der Waals surface area contributed by atoms with Crippen LogP contribution in [0.15, 0.2) is 39.3 Å². The summed E-state index contributed by atoms with van der Waals surface area (Å²) in [6.45, 7) is 3.77. The number of nitrogens with one attached hydrogen (secondary N) is 1. The predicted molar refractivity (Wildman–Crippen MR) is 85.0 cm³/mol. The number of hydrogen-bond acceptors (Lipinski definition) is 1. The van der Waals surface area contributed by atoms with E-state index in [1.807, 2.05) is 19.1 Å². The quantitative estimate of drug-likeness (QED) is 0.664. The van der Waals surface area contributed by atoms with Gasteiger partial charge in [-0.1, -0.05) is 0 Å². The lowest BCUT2D eigenvalue weighted by Crippen LogP contribution is -2.10. The Morgan fingerprint density at radius 3 is 2.25 bits per heavy atom. The highest BCUT2D eigenvalue weighted by atomic mass is 79.9. The molecule has 0 radical (unpaired) electrons. The molecule has 0 aromatic heterocycles. The van der Waals surface area contributed by atoms with Crippen molar-refractivity contribution in [3.63, 3.8) is 0 Å². The number of benzene rings is 2. The molecule has 0 aliphatic rings. The van der Waals surface area contributed by atoms with E-state index in [9.17, 15) is 8.78 Å². The van der Waals surface area contributed by atoms with Gasteiger partial charge in [0.15, 0.2) is 0 Å². The standard InChI is InChI=1S/C15H13Br2F2N/c1-8-5-12(16)15(13(17)6-8)20-9(2)11-7-10(18)3-4-14(11)19/h3-7,9,20H,1-2H3. The van der Waals surface area contributed by atoms with E-state index in [-0.39, 0.29) is 6.04 Å². The van der Waals surface area contributed by atoms with Crippen molar-refractivity contribution >= 4 is 37.5 Å². The van der Waals surface area contributed by atoms with Crippen molar-refractivity contribution in [1.29, 1.82) is 0 Å². The van der Waals surface area contributed by atoms with Gasteiger partial charge in [0.1, 0.15) is 11.6 Å². The van der Waals surface area contributed by atoms with Crippen LogP contribution in [0.3, 0.4) is 0 Å². The lowest BCUT2D eigenvalue weighted by Gasteiger charge is -2.19. The van der Waals surface area contributed by atoms with Crippen LogP contribution < -0.4 is 5.32 Å². The van der Waals surface area contributed by atoms with Crippen LogP contribution in [0.5, 0.6) is 0 Å². The second-order valence-corrected chi connectivity index (χ2v) is 6.34. The van der Waals surface area contributed by atoms with Crippen molar-refractivity contribution in [2.75, 3.05) is 5.32 Å². The maximum Gasteiger partial charge on any atom is 0.128 e. The van der Waals surface area contributed by atoms with E-state index in [1.54, 1.807) is 6.92 Å². The molecule has 0 aliphatic carbocycles. The van der Waals surface area contributed by atoms with Gasteiger partial charge in [-0.05, 0) is 81.6 Å². The van der Waals surface area contributed by atoms with Gasteiger partial charge in [0.05, 0.1) is 11.7 Å². The van der Waals surface area contributed by atoms with Gasteiger partial charge in [-0.15, -0.1) is 0 Å². The average Bonchev–Trinajstić information content (AvgIpc) is 2.36. The molecular formula is C15H13Br2F2N. The summed E-state index contributed by atoms with van der Waals surface area (Å²) in [6.07, 6.45) is 0. The van der Waals surface area contributed by atoms with E-state index in [0.717, 1.165) is 32.3 Å². The van der Waals surface area contributed by atoms with Gasteiger partial charge in [-0.2, -0.15) is 0 Å². The largest absolute Gasteiger partial charge is 0.377 e. The van der Waals surface area contributed by atoms with Crippen LogP contribution in [0.25, 0.3) is 0 Å². The van der Waals surface area contributed by atoms with Crippen LogP contribution in [0.1, 0.15) is 24.1 Å². The summed E-state index contributed by atoms with van der Waals surface area (Å²) in [7, 11) is 0. The van der Waals surface area contributed by atoms with Gasteiger partial charge < -0.3 is 5.32 Å². The Bertz CT molecular complexity index is 621. The molecule has 0 amide bonds. The predicted octanol–water partition coefficient (Wildman–Crippen LogP) is 5.97. The zero-order chi connectivity index (χ0) is 14.9. The zero-order valence-corrected chi connectivity index (χ0v) is 14.1. The van der Waals surface area contributed by atoms with E-state index in [1.165, 1.54) is 6.07 Å². The first kappa shape index (κ1) is 15.4. The highest BCUT2D eigenvalue weighted by Crippen LogP contribution is 2.35. The monoisotopic (exact) mass is 403 g/mol. The first-order chi connectivity index (χ1) is 9.38. The van der Waals surface area contributed by atoms with Crippen molar-refractivity contribution in [1.82, 2.24) is 0 Å². The second-order valence-electron chi connectivity index (χ2n) is 4.64. The fourth-order valence-corrected chi connectivity index (χ4v) is 3.62. The number of halogens is 4. The molecule has 0 saturated heterocycles. The third-order valence-corrected chi connectivity index (χ3v) is 4.22. The van der Waals surface area contributed by atoms with E-state index < -0.39 is 11.6 Å². The van der Waals surface area contributed by atoms with Gasteiger partial charge in [-0.3, -0.25) is 0 Å². The third kappa shape index (κ3) is 3.38. The van der Waals surface area contributed by atoms with Crippen molar-refractivity contribution in [3.05, 3.63) is 62.0 Å². The smallest absolute Gasteiger partial charge is 0.128 e. The number of hydrogen-bond donors (Lipinski definition) is 1. The molecule has 2 aromatic rings. The summed E-state index contributed by atoms with van der Waals surface area (Å²) in [5, 5.41) is 3.19. The van der Waals surface area contributed by atoms with Crippen molar-refractivity contribution in [2.24, 2.45) is 0 Å². The Hall–Kier alpha value is -0.940. The van der Waals surface area contributed by atoms with Gasteiger partial charge in [-0.25, -0.2) is 8.78 Å². The molecular weight excluding hydrogens is 392 g/mol. The summed E-state index contributed by atoms with van der Waals surface area (Å²) in [4.78, 5) is 0. The highest BCUT2D eigenvalue weighted by molar-refractivity contribution is 9.11. The Labute approximate surface area is 133 Å². The first-order valence-corrected chi connectivity index (χ1v) is 7.64. The molecule has 2 rings (SSSR count). The zero-order valence-electron chi connectivity index (χ0n) is 11.0. The fraction of sp³-hybridized carbons (Fsp3) is 0.200. The average molecular weight is 405 g/mol. The Balaban J connectivity index is 2.32. The molecule has 106 valence electrons. The molecule has 1 N–H and O–H groups in total. The topological polar surface area (TPSA) is 12.0 Å². The Morgan fingerprint density at radius 2 is 1.65 bits per heavy atom. The molecule has 0 saturated carbocycles. The molecule has 0 fully saturated rings. The molecule has 20 heavy (non-hydrogen) atoms. The summed E-state index contributed by atoms with van der Waals surface area (Å²) < 4.78 is 28.7. The van der Waals surface area contributed by atoms with E-state index in [2.05, 4.69) is 37.2 Å². The maximum atomic E-state index is 13.8. The summed E-state index contributed by atoms with van der Waals surface area (Å²) in [5.41, 5.74) is 2.20. The van der Waals surface area contributed by atoms with Crippen molar-refractivity contribution in [2.45, 2.75) is 19.9 Å². The lowest BCUT2D eigenvalue weighted by atomic mass is 10.1. The minimum atomic E-state index is -0.447. The summed E-state index contributed by atoms with van der Waals surface area (Å²) >= 11 is 6.94. The minimum Gasteiger partial charge on any atom is -0.377 e. The molecule has 1 atom stereocenters. The van der Waals surface area contributed by atoms with E-state index >= 15 is 0 Å². The maximum absolute atomic E-state index is 13.8. The number of rotatable bonds is 3. The van der Waals surface area contributed by atoms with Crippen LogP contribution in [0.4, 0.5) is 14.5 Å². The number of aryl methyl sites for hydroxylation is 1. The normalized spacial score (nSPS) is 12.3. The molecule has 0 aliphatic heterocycles. The van der Waals surface area contributed by atoms with Gasteiger partial charge >= 0.3 is 0 Å². The molecule has 0 spiro atoms. The first-order valence-electron chi connectivity index (χ1n) is 6.05. The lowest BCUT2D eigenvalue weighted by molar-refractivity contribution is 0.577. The van der Waals surface area contributed by atoms with Gasteiger partial charge in [0.2, 0.25) is 0 Å². The van der Waals surface area contributed by atoms with Crippen molar-refractivity contribution in [3.8, 4) is 0 Å². The van der Waals surface area contributed by atoms with Crippen molar-refractivity contribution < 1.29 is 8.78 Å². The van der Waals surface area contributed by atoms with E-state index in [0.29, 0.717) is 5.56 Å². The molecule has 0 heterocycles. The van der Waals surface area contributed by atoms with Gasteiger partial charge in [0, 0.05) is 14.5 Å². The van der Waals surface area contributed by atoms with Crippen LogP contribution in [0, 0.1) is 18.6 Å². The Kier molecular flexibility index (Phi) is 4.81. The fourth-order valence-electron chi connectivity index (χ4n) is 1.98. The van der Waals surface area contributed by atoms with Crippen LogP contribution in [-0.2, 0) is 0 Å². The summed E-state index contributed by atoms with van der Waals surface area (Å²) in [5.74, 6) is -0.872. The molecule has 1 nitrogen and oxygen atoms in total. The third-order valence-electron chi connectivity index (χ3n) is 2.97.